The van der Waals surface area contributed by atoms with Gasteiger partial charge in [-0.2, -0.15) is 0 Å². The molecule has 0 aliphatic carbocycles. The molecule has 0 bridgehead atoms. The number of thiocarbonyl (C=S) groups is 1. The molecule has 0 fully saturated rings. The van der Waals surface area contributed by atoms with Gasteiger partial charge < -0.3 is 19.9 Å². The lowest BCUT2D eigenvalue weighted by Gasteiger charge is -2.12. The number of anilines is 2. The summed E-state index contributed by atoms with van der Waals surface area (Å²) in [6.07, 6.45) is 1.51. The molecule has 8 heteroatoms. The molecule has 2 rings (SSSR count). The van der Waals surface area contributed by atoms with E-state index in [1.165, 1.54) is 6.33 Å². The molecule has 2 aromatic rings. The van der Waals surface area contributed by atoms with Gasteiger partial charge in [-0.3, -0.25) is 0 Å². The van der Waals surface area contributed by atoms with E-state index in [9.17, 15) is 4.79 Å². The van der Waals surface area contributed by atoms with Crippen molar-refractivity contribution in [2.24, 2.45) is 7.05 Å². The number of rotatable bonds is 4. The number of halogens is 1. The maximum Gasteiger partial charge on any atom is 0.360 e. The maximum absolute atomic E-state index is 11.8. The van der Waals surface area contributed by atoms with Crippen molar-refractivity contribution >= 4 is 46.4 Å². The largest absolute Gasteiger partial charge is 0.461 e. The second-order valence-electron chi connectivity index (χ2n) is 4.36. The first-order chi connectivity index (χ1) is 10.5. The molecule has 0 saturated heterocycles. The number of esters is 1. The van der Waals surface area contributed by atoms with Crippen molar-refractivity contribution in [1.82, 2.24) is 9.55 Å². The van der Waals surface area contributed by atoms with Gasteiger partial charge in [0.25, 0.3) is 0 Å². The number of benzene rings is 1. The number of nitrogens with zero attached hydrogens (tertiary/aromatic N) is 2. The Labute approximate surface area is 138 Å². The average Bonchev–Trinajstić information content (AvgIpc) is 2.83. The lowest BCUT2D eigenvalue weighted by atomic mass is 10.3. The van der Waals surface area contributed by atoms with Gasteiger partial charge in [-0.05, 0) is 43.4 Å². The van der Waals surface area contributed by atoms with Gasteiger partial charge in [0.2, 0.25) is 0 Å². The second-order valence-corrected chi connectivity index (χ2v) is 5.20. The van der Waals surface area contributed by atoms with E-state index in [0.29, 0.717) is 16.0 Å². The molecule has 116 valence electrons. The molecule has 0 saturated carbocycles. The molecule has 0 amide bonds. The molecular formula is C14H15ClN4O2S. The van der Waals surface area contributed by atoms with Crippen LogP contribution < -0.4 is 10.6 Å². The third-order valence-electron chi connectivity index (χ3n) is 2.74. The third kappa shape index (κ3) is 3.96. The average molecular weight is 339 g/mol. The fraction of sp³-hybridized carbons (Fsp3) is 0.214. The van der Waals surface area contributed by atoms with Gasteiger partial charge in [0, 0.05) is 17.8 Å². The Hall–Kier alpha value is -2.12. The first kappa shape index (κ1) is 16.3. The van der Waals surface area contributed by atoms with E-state index in [0.717, 1.165) is 5.69 Å². The van der Waals surface area contributed by atoms with Crippen molar-refractivity contribution in [1.29, 1.82) is 0 Å². The number of nitrogens with one attached hydrogen (secondary N) is 2. The van der Waals surface area contributed by atoms with Crippen molar-refractivity contribution in [2.45, 2.75) is 6.92 Å². The van der Waals surface area contributed by atoms with E-state index in [1.807, 2.05) is 0 Å². The van der Waals surface area contributed by atoms with Crippen LogP contribution in [0.4, 0.5) is 11.5 Å². The van der Waals surface area contributed by atoms with Crippen molar-refractivity contribution < 1.29 is 9.53 Å². The van der Waals surface area contributed by atoms with E-state index < -0.39 is 5.97 Å². The van der Waals surface area contributed by atoms with E-state index in [-0.39, 0.29) is 12.3 Å². The zero-order valence-electron chi connectivity index (χ0n) is 12.1. The van der Waals surface area contributed by atoms with Crippen LogP contribution in [0.5, 0.6) is 0 Å². The van der Waals surface area contributed by atoms with Crippen LogP contribution in [0.25, 0.3) is 0 Å². The van der Waals surface area contributed by atoms with Crippen molar-refractivity contribution in [2.75, 3.05) is 17.2 Å². The Bertz CT molecular complexity index is 685. The summed E-state index contributed by atoms with van der Waals surface area (Å²) in [5.41, 5.74) is 0.964. The number of aromatic nitrogens is 2. The maximum atomic E-state index is 11.8. The Morgan fingerprint density at radius 3 is 2.68 bits per heavy atom. The van der Waals surface area contributed by atoms with Crippen LogP contribution in [-0.4, -0.2) is 27.2 Å². The van der Waals surface area contributed by atoms with Gasteiger partial charge in [0.05, 0.1) is 12.9 Å². The number of hydrogen-bond donors (Lipinski definition) is 2. The molecular weight excluding hydrogens is 324 g/mol. The van der Waals surface area contributed by atoms with Gasteiger partial charge in [-0.15, -0.1) is 0 Å². The quantitative estimate of drug-likeness (QED) is 0.659. The van der Waals surface area contributed by atoms with E-state index >= 15 is 0 Å². The van der Waals surface area contributed by atoms with Crippen LogP contribution in [0.1, 0.15) is 17.4 Å². The highest BCUT2D eigenvalue weighted by Crippen LogP contribution is 2.16. The summed E-state index contributed by atoms with van der Waals surface area (Å²) < 4.78 is 6.62. The first-order valence-electron chi connectivity index (χ1n) is 6.53. The predicted octanol–water partition coefficient (Wildman–Crippen LogP) is 3.06. The molecule has 0 unspecified atom stereocenters. The summed E-state index contributed by atoms with van der Waals surface area (Å²) in [4.78, 5) is 15.9. The molecule has 2 N–H and O–H groups in total. The number of ether oxygens (including phenoxy) is 1. The number of carbonyl (C=O) groups is 1. The number of aryl methyl sites for hydroxylation is 1. The molecule has 6 nitrogen and oxygen atoms in total. The normalized spacial score (nSPS) is 10.1. The fourth-order valence-corrected chi connectivity index (χ4v) is 2.07. The lowest BCUT2D eigenvalue weighted by molar-refractivity contribution is 0.0521. The van der Waals surface area contributed by atoms with Gasteiger partial charge in [-0.25, -0.2) is 9.78 Å². The summed E-state index contributed by atoms with van der Waals surface area (Å²) in [6.45, 7) is 2.02. The Morgan fingerprint density at radius 1 is 1.36 bits per heavy atom. The van der Waals surface area contributed by atoms with Crippen LogP contribution >= 0.6 is 23.8 Å². The number of carbonyl (C=O) groups excluding carboxylic acids is 1. The molecule has 0 radical (unpaired) electrons. The van der Waals surface area contributed by atoms with Gasteiger partial charge in [-0.1, -0.05) is 11.6 Å². The third-order valence-corrected chi connectivity index (χ3v) is 3.20. The zero-order chi connectivity index (χ0) is 16.1. The van der Waals surface area contributed by atoms with Gasteiger partial charge in [0.1, 0.15) is 5.82 Å². The minimum atomic E-state index is -0.500. The molecule has 1 aromatic heterocycles. The smallest absolute Gasteiger partial charge is 0.360 e. The Kier molecular flexibility index (Phi) is 5.35. The first-order valence-corrected chi connectivity index (χ1v) is 7.32. The van der Waals surface area contributed by atoms with Crippen molar-refractivity contribution in [3.05, 3.63) is 41.3 Å². The van der Waals surface area contributed by atoms with Gasteiger partial charge in [0.15, 0.2) is 10.8 Å². The summed E-state index contributed by atoms with van der Waals surface area (Å²) in [5, 5.41) is 6.92. The van der Waals surface area contributed by atoms with Crippen molar-refractivity contribution in [3.63, 3.8) is 0 Å². The van der Waals surface area contributed by atoms with Crippen LogP contribution in [0.3, 0.4) is 0 Å². The van der Waals surface area contributed by atoms with Crippen LogP contribution in [-0.2, 0) is 11.8 Å². The number of hydrogen-bond acceptors (Lipinski definition) is 4. The van der Waals surface area contributed by atoms with E-state index in [1.54, 1.807) is 42.8 Å². The predicted molar refractivity (Wildman–Crippen MR) is 90.5 cm³/mol. The lowest BCUT2D eigenvalue weighted by Crippen LogP contribution is -2.22. The summed E-state index contributed by atoms with van der Waals surface area (Å²) in [7, 11) is 1.75. The van der Waals surface area contributed by atoms with Crippen molar-refractivity contribution in [3.8, 4) is 0 Å². The second kappa shape index (κ2) is 7.24. The standard InChI is InChI=1S/C14H15ClN4O2S/c1-3-21-13(20)11-12(19(2)8-16-11)18-14(22)17-10-6-4-9(15)5-7-10/h4-8H,3H2,1-2H3,(H2,17,18,22). The molecule has 0 atom stereocenters. The van der Waals surface area contributed by atoms with Crippen LogP contribution in [0.2, 0.25) is 5.02 Å². The minimum Gasteiger partial charge on any atom is -0.461 e. The van der Waals surface area contributed by atoms with E-state index in [2.05, 4.69) is 15.6 Å². The van der Waals surface area contributed by atoms with Gasteiger partial charge >= 0.3 is 5.97 Å². The highest BCUT2D eigenvalue weighted by atomic mass is 35.5. The fourth-order valence-electron chi connectivity index (χ4n) is 1.73. The molecule has 0 aliphatic rings. The Balaban J connectivity index is 2.09. The molecule has 1 heterocycles. The SMILES string of the molecule is CCOC(=O)c1ncn(C)c1NC(=S)Nc1ccc(Cl)cc1. The Morgan fingerprint density at radius 2 is 2.05 bits per heavy atom. The minimum absolute atomic E-state index is 0.185. The molecule has 0 aliphatic heterocycles. The molecule has 1 aromatic carbocycles. The van der Waals surface area contributed by atoms with E-state index in [4.69, 9.17) is 28.6 Å². The van der Waals surface area contributed by atoms with Crippen LogP contribution in [0.15, 0.2) is 30.6 Å². The number of imidazole rings is 1. The zero-order valence-corrected chi connectivity index (χ0v) is 13.7. The summed E-state index contributed by atoms with van der Waals surface area (Å²) >= 11 is 11.1. The monoisotopic (exact) mass is 338 g/mol. The molecule has 0 spiro atoms. The van der Waals surface area contributed by atoms with Crippen LogP contribution in [0, 0.1) is 0 Å². The summed E-state index contributed by atoms with van der Waals surface area (Å²) in [6, 6.07) is 7.10. The molecule has 22 heavy (non-hydrogen) atoms. The highest BCUT2D eigenvalue weighted by Gasteiger charge is 2.18. The topological polar surface area (TPSA) is 68.2 Å². The highest BCUT2D eigenvalue weighted by molar-refractivity contribution is 7.80. The summed E-state index contributed by atoms with van der Waals surface area (Å²) in [5.74, 6) is -0.0372.